The normalized spacial score (nSPS) is 20.7. The van der Waals surface area contributed by atoms with Crippen LogP contribution >= 0.6 is 0 Å². The van der Waals surface area contributed by atoms with E-state index in [2.05, 4.69) is 29.8 Å². The Morgan fingerprint density at radius 1 is 0.809 bits per heavy atom. The molecule has 0 aromatic rings. The smallest absolute Gasteiger partial charge is 0.325 e. The van der Waals surface area contributed by atoms with E-state index in [1.807, 2.05) is 0 Å². The third-order valence-electron chi connectivity index (χ3n) is 8.72. The first kappa shape index (κ1) is 40.0. The number of carbonyl (C=O) groups is 6. The lowest BCUT2D eigenvalue weighted by Crippen LogP contribution is -2.59. The molecule has 1 aliphatic heterocycles. The van der Waals surface area contributed by atoms with Gasteiger partial charge in [-0.1, -0.05) is 84.5 Å². The van der Waals surface area contributed by atoms with Crippen LogP contribution in [0.25, 0.3) is 0 Å². The van der Waals surface area contributed by atoms with Crippen molar-refractivity contribution in [3.05, 3.63) is 0 Å². The second-order valence-electron chi connectivity index (χ2n) is 14.4. The number of Topliss-reactive ketones (excluding diaryl/α,β-unsaturated/α-hetero) is 1. The van der Waals surface area contributed by atoms with Crippen LogP contribution in [0.1, 0.15) is 137 Å². The molecule has 4 rings (SSSR count). The Kier molecular flexibility index (Phi) is 17.2. The van der Waals surface area contributed by atoms with Crippen LogP contribution in [0.4, 0.5) is 4.79 Å². The van der Waals surface area contributed by atoms with Crippen molar-refractivity contribution in [1.82, 2.24) is 20.9 Å². The van der Waals surface area contributed by atoms with Crippen molar-refractivity contribution in [1.29, 1.82) is 0 Å². The summed E-state index contributed by atoms with van der Waals surface area (Å²) < 4.78 is 5.22. The number of ketones is 1. The fraction of sp³-hybridized carbons (Fsp3) is 0.829. The SMILES string of the molecule is C1CCCC1.CC(C)(C)OC(=O)CNC(=O)NC(C(=O)N1CCCC1C(=O)NC(CC1CC1)C(=O)C(N)=O)C1CCCCC1.CCC. The topological polar surface area (TPSA) is 177 Å². The van der Waals surface area contributed by atoms with Crippen molar-refractivity contribution in [2.45, 2.75) is 161 Å². The number of ether oxygens (including phenoxy) is 1. The molecular weight excluding hydrogens is 602 g/mol. The Morgan fingerprint density at radius 2 is 1.36 bits per heavy atom. The third-order valence-corrected chi connectivity index (χ3v) is 8.72. The van der Waals surface area contributed by atoms with Gasteiger partial charge in [0, 0.05) is 6.54 Å². The quantitative estimate of drug-likeness (QED) is 0.188. The van der Waals surface area contributed by atoms with Crippen LogP contribution in [-0.2, 0) is 28.7 Å². The molecule has 0 spiro atoms. The molecule has 0 bridgehead atoms. The summed E-state index contributed by atoms with van der Waals surface area (Å²) in [5.41, 5.74) is 4.51. The van der Waals surface area contributed by atoms with Gasteiger partial charge in [-0.05, 0) is 64.7 Å². The Bertz CT molecular complexity index is 1040. The summed E-state index contributed by atoms with van der Waals surface area (Å²) in [5, 5.41) is 7.90. The van der Waals surface area contributed by atoms with E-state index < -0.39 is 53.3 Å². The predicted molar refractivity (Wildman–Crippen MR) is 180 cm³/mol. The van der Waals surface area contributed by atoms with E-state index in [1.165, 1.54) is 43.4 Å². The first-order chi connectivity index (χ1) is 22.3. The fourth-order valence-corrected chi connectivity index (χ4v) is 6.29. The molecule has 0 radical (unpaired) electrons. The zero-order valence-electron chi connectivity index (χ0n) is 29.5. The molecule has 4 aliphatic rings. The van der Waals surface area contributed by atoms with Gasteiger partial charge in [-0.3, -0.25) is 24.0 Å². The van der Waals surface area contributed by atoms with Crippen LogP contribution in [0.2, 0.25) is 0 Å². The number of primary amides is 1. The number of hydrogen-bond acceptors (Lipinski definition) is 7. The van der Waals surface area contributed by atoms with Crippen LogP contribution in [-0.4, -0.2) is 77.2 Å². The van der Waals surface area contributed by atoms with E-state index in [9.17, 15) is 28.8 Å². The van der Waals surface area contributed by atoms with Crippen LogP contribution in [0.3, 0.4) is 0 Å². The van der Waals surface area contributed by atoms with Gasteiger partial charge < -0.3 is 31.3 Å². The summed E-state index contributed by atoms with van der Waals surface area (Å²) in [6.45, 7) is 9.41. The van der Waals surface area contributed by atoms with Gasteiger partial charge in [0.25, 0.3) is 5.91 Å². The number of rotatable bonds is 11. The van der Waals surface area contributed by atoms with E-state index in [0.29, 0.717) is 25.8 Å². The van der Waals surface area contributed by atoms with E-state index in [-0.39, 0.29) is 24.3 Å². The minimum atomic E-state index is -1.10. The van der Waals surface area contributed by atoms with Gasteiger partial charge >= 0.3 is 12.0 Å². The van der Waals surface area contributed by atoms with Gasteiger partial charge in [0.15, 0.2) is 0 Å². The molecule has 47 heavy (non-hydrogen) atoms. The van der Waals surface area contributed by atoms with Gasteiger partial charge in [-0.15, -0.1) is 0 Å². The maximum absolute atomic E-state index is 13.8. The first-order valence-corrected chi connectivity index (χ1v) is 18.0. The zero-order valence-corrected chi connectivity index (χ0v) is 29.5. The fourth-order valence-electron chi connectivity index (χ4n) is 6.29. The number of hydrogen-bond donors (Lipinski definition) is 4. The standard InChI is InChI=1S/C27H43N5O7.C5H10.C3H8/c1-27(2,3)39-20(33)15-29-26(38)31-21(17-8-5-4-6-9-17)25(37)32-13-7-10-19(32)24(36)30-18(14-16-11-12-16)22(34)23(28)35;1-2-4-5-3-1;1-3-2/h16-19,21H,4-15H2,1-3H3,(H2,28,35)(H,30,36)(H2,29,31,38);1-5H2;3H2,1-2H3. The summed E-state index contributed by atoms with van der Waals surface area (Å²) in [4.78, 5) is 77.1. The van der Waals surface area contributed by atoms with Gasteiger partial charge in [-0.25, -0.2) is 4.79 Å². The number of amides is 5. The number of urea groups is 1. The van der Waals surface area contributed by atoms with E-state index in [4.69, 9.17) is 10.5 Å². The first-order valence-electron chi connectivity index (χ1n) is 18.0. The molecule has 4 fully saturated rings. The van der Waals surface area contributed by atoms with Crippen molar-refractivity contribution in [2.75, 3.05) is 13.1 Å². The van der Waals surface area contributed by atoms with Gasteiger partial charge in [0.2, 0.25) is 17.6 Å². The highest BCUT2D eigenvalue weighted by Crippen LogP contribution is 2.34. The van der Waals surface area contributed by atoms with Crippen molar-refractivity contribution in [2.24, 2.45) is 17.6 Å². The summed E-state index contributed by atoms with van der Waals surface area (Å²) >= 11 is 0. The van der Waals surface area contributed by atoms with Crippen LogP contribution in [0.15, 0.2) is 0 Å². The average Bonchev–Trinajstić information content (AvgIpc) is 3.42. The number of nitrogens with two attached hydrogens (primary N) is 1. The minimum absolute atomic E-state index is 0.109. The molecule has 1 saturated heterocycles. The second kappa shape index (κ2) is 20.2. The molecule has 5 amide bonds. The van der Waals surface area contributed by atoms with Crippen LogP contribution in [0, 0.1) is 11.8 Å². The largest absolute Gasteiger partial charge is 0.459 e. The highest BCUT2D eigenvalue weighted by molar-refractivity contribution is 6.37. The van der Waals surface area contributed by atoms with Gasteiger partial charge in [-0.2, -0.15) is 0 Å². The Balaban J connectivity index is 0.000000846. The average molecular weight is 664 g/mol. The number of esters is 1. The van der Waals surface area contributed by atoms with Crippen molar-refractivity contribution in [3.63, 3.8) is 0 Å². The van der Waals surface area contributed by atoms with Gasteiger partial charge in [0.05, 0.1) is 6.04 Å². The lowest BCUT2D eigenvalue weighted by Gasteiger charge is -2.34. The van der Waals surface area contributed by atoms with E-state index >= 15 is 0 Å². The van der Waals surface area contributed by atoms with Crippen LogP contribution in [0.5, 0.6) is 0 Å². The number of carbonyl (C=O) groups excluding carboxylic acids is 6. The summed E-state index contributed by atoms with van der Waals surface area (Å²) in [5.74, 6) is -3.25. The van der Waals surface area contributed by atoms with E-state index in [0.717, 1.165) is 44.9 Å². The molecule has 12 nitrogen and oxygen atoms in total. The predicted octanol–water partition coefficient (Wildman–Crippen LogP) is 4.27. The summed E-state index contributed by atoms with van der Waals surface area (Å²) in [6, 6.07) is -3.36. The van der Waals surface area contributed by atoms with Crippen molar-refractivity contribution >= 4 is 35.5 Å². The maximum atomic E-state index is 13.8. The third kappa shape index (κ3) is 15.1. The molecule has 0 aromatic carbocycles. The molecule has 268 valence electrons. The monoisotopic (exact) mass is 663 g/mol. The molecule has 0 aromatic heterocycles. The second-order valence-corrected chi connectivity index (χ2v) is 14.4. The summed E-state index contributed by atoms with van der Waals surface area (Å²) in [7, 11) is 0. The number of nitrogens with one attached hydrogen (secondary N) is 3. The Labute approximate surface area is 281 Å². The molecule has 3 atom stereocenters. The zero-order chi connectivity index (χ0) is 35.0. The Hall–Kier alpha value is -3.18. The van der Waals surface area contributed by atoms with Gasteiger partial charge in [0.1, 0.15) is 24.2 Å². The van der Waals surface area contributed by atoms with Crippen molar-refractivity contribution in [3.8, 4) is 0 Å². The lowest BCUT2D eigenvalue weighted by atomic mass is 9.83. The van der Waals surface area contributed by atoms with Crippen molar-refractivity contribution < 1.29 is 33.5 Å². The summed E-state index contributed by atoms with van der Waals surface area (Å²) in [6.07, 6.45) is 16.4. The molecular formula is C35H61N5O7. The molecule has 12 heteroatoms. The highest BCUT2D eigenvalue weighted by Gasteiger charge is 2.42. The minimum Gasteiger partial charge on any atom is -0.459 e. The highest BCUT2D eigenvalue weighted by atomic mass is 16.6. The molecule has 3 unspecified atom stereocenters. The number of likely N-dealkylation sites (tertiary alicyclic amines) is 1. The van der Waals surface area contributed by atoms with Crippen LogP contribution < -0.4 is 21.7 Å². The maximum Gasteiger partial charge on any atom is 0.325 e. The molecule has 3 aliphatic carbocycles. The molecule has 5 N–H and O–H groups in total. The molecule has 1 heterocycles. The van der Waals surface area contributed by atoms with E-state index in [1.54, 1.807) is 20.8 Å². The lowest BCUT2D eigenvalue weighted by molar-refractivity contribution is -0.153. The Morgan fingerprint density at radius 3 is 1.87 bits per heavy atom. The molecule has 3 saturated carbocycles. The number of nitrogens with zero attached hydrogens (tertiary/aromatic N) is 1.